The van der Waals surface area contributed by atoms with Gasteiger partial charge >= 0.3 is 0 Å². The Bertz CT molecular complexity index is 529. The molecule has 1 heterocycles. The number of piperazine rings is 1. The Balaban J connectivity index is 1.94. The van der Waals surface area contributed by atoms with Crippen LogP contribution in [-0.4, -0.2) is 54.8 Å². The number of rotatable bonds is 4. The van der Waals surface area contributed by atoms with Crippen LogP contribution in [0.2, 0.25) is 0 Å². The molecule has 0 aromatic heterocycles. The zero-order valence-electron chi connectivity index (χ0n) is 13.6. The van der Waals surface area contributed by atoms with Crippen LogP contribution in [0.25, 0.3) is 0 Å². The first-order valence-corrected chi connectivity index (χ1v) is 7.72. The number of para-hydroxylation sites is 1. The summed E-state index contributed by atoms with van der Waals surface area (Å²) in [5, 5.41) is 3.27. The molecule has 2 rings (SSSR count). The van der Waals surface area contributed by atoms with Crippen molar-refractivity contribution < 1.29 is 9.59 Å². The van der Waals surface area contributed by atoms with E-state index >= 15 is 0 Å². The molecule has 0 atom stereocenters. The second-order valence-electron chi connectivity index (χ2n) is 6.67. The highest BCUT2D eigenvalue weighted by molar-refractivity contribution is 5.81. The van der Waals surface area contributed by atoms with E-state index in [-0.39, 0.29) is 17.9 Å². The minimum absolute atomic E-state index is 0.0300. The molecular formula is C17H25N3O2. The van der Waals surface area contributed by atoms with Crippen LogP contribution in [0.15, 0.2) is 24.3 Å². The number of carbonyl (C=O) groups excluding carboxylic acids is 2. The molecule has 1 saturated heterocycles. The van der Waals surface area contributed by atoms with Crippen LogP contribution in [0.4, 0.5) is 5.69 Å². The molecule has 1 aliphatic rings. The third-order valence-electron chi connectivity index (χ3n) is 3.98. The molecule has 1 fully saturated rings. The van der Waals surface area contributed by atoms with Gasteiger partial charge in [0.25, 0.3) is 0 Å². The summed E-state index contributed by atoms with van der Waals surface area (Å²) in [5.41, 5.74) is 2.24. The Kier molecular flexibility index (Phi) is 5.06. The quantitative estimate of drug-likeness (QED) is 0.861. The smallest absolute Gasteiger partial charge is 0.241 e. The van der Waals surface area contributed by atoms with E-state index in [0.29, 0.717) is 26.2 Å². The highest BCUT2D eigenvalue weighted by atomic mass is 16.2. The largest absolute Gasteiger partial charge is 0.376 e. The van der Waals surface area contributed by atoms with Gasteiger partial charge < -0.3 is 15.1 Å². The number of amides is 2. The van der Waals surface area contributed by atoms with E-state index in [0.717, 1.165) is 12.1 Å². The lowest BCUT2D eigenvalue weighted by Gasteiger charge is -2.33. The fraction of sp³-hybridized carbons (Fsp3) is 0.529. The lowest BCUT2D eigenvalue weighted by atomic mass is 9.86. The predicted octanol–water partition coefficient (Wildman–Crippen LogP) is 1.70. The van der Waals surface area contributed by atoms with Crippen LogP contribution >= 0.6 is 0 Å². The van der Waals surface area contributed by atoms with E-state index in [9.17, 15) is 9.59 Å². The maximum atomic E-state index is 12.3. The van der Waals surface area contributed by atoms with Crippen molar-refractivity contribution in [1.29, 1.82) is 0 Å². The third kappa shape index (κ3) is 4.00. The zero-order chi connectivity index (χ0) is 16.2. The van der Waals surface area contributed by atoms with E-state index in [4.69, 9.17) is 0 Å². The van der Waals surface area contributed by atoms with Crippen molar-refractivity contribution in [3.05, 3.63) is 29.8 Å². The first-order chi connectivity index (χ1) is 10.4. The highest BCUT2D eigenvalue weighted by Gasteiger charge is 2.21. The number of nitrogens with one attached hydrogen (secondary N) is 1. The van der Waals surface area contributed by atoms with Crippen molar-refractivity contribution in [2.45, 2.75) is 26.2 Å². The van der Waals surface area contributed by atoms with Crippen molar-refractivity contribution in [2.24, 2.45) is 0 Å². The minimum Gasteiger partial charge on any atom is -0.376 e. The Labute approximate surface area is 132 Å². The predicted molar refractivity (Wildman–Crippen MR) is 87.8 cm³/mol. The summed E-state index contributed by atoms with van der Waals surface area (Å²) in [5.74, 6) is 0.0780. The molecule has 1 aromatic rings. The van der Waals surface area contributed by atoms with E-state index in [1.54, 1.807) is 4.90 Å². The van der Waals surface area contributed by atoms with Gasteiger partial charge in [0.1, 0.15) is 0 Å². The minimum atomic E-state index is 0.0300. The number of benzene rings is 1. The zero-order valence-corrected chi connectivity index (χ0v) is 13.6. The van der Waals surface area contributed by atoms with E-state index in [1.165, 1.54) is 5.56 Å². The van der Waals surface area contributed by atoms with Gasteiger partial charge in [0, 0.05) is 31.9 Å². The number of hydrogen-bond acceptors (Lipinski definition) is 3. The standard InChI is InChI=1S/C17H25N3O2/c1-17(2,3)14-6-4-5-7-15(14)18-12-16(22)20-10-8-19(13-21)9-11-20/h4-7,13,18H,8-12H2,1-3H3. The summed E-state index contributed by atoms with van der Waals surface area (Å²) in [7, 11) is 0. The van der Waals surface area contributed by atoms with Crippen LogP contribution in [0.5, 0.6) is 0 Å². The maximum Gasteiger partial charge on any atom is 0.241 e. The molecule has 1 aliphatic heterocycles. The topological polar surface area (TPSA) is 52.7 Å². The lowest BCUT2D eigenvalue weighted by molar-refractivity contribution is -0.133. The van der Waals surface area contributed by atoms with Gasteiger partial charge in [0.05, 0.1) is 6.54 Å². The Morgan fingerprint density at radius 3 is 2.41 bits per heavy atom. The fourth-order valence-corrected chi connectivity index (χ4v) is 2.65. The van der Waals surface area contributed by atoms with Gasteiger partial charge in [-0.15, -0.1) is 0 Å². The number of hydrogen-bond donors (Lipinski definition) is 1. The number of nitrogens with zero attached hydrogens (tertiary/aromatic N) is 2. The molecule has 0 unspecified atom stereocenters. The SMILES string of the molecule is CC(C)(C)c1ccccc1NCC(=O)N1CCN(C=O)CC1. The summed E-state index contributed by atoms with van der Waals surface area (Å²) in [4.78, 5) is 26.5. The van der Waals surface area contributed by atoms with Crippen molar-refractivity contribution in [1.82, 2.24) is 9.80 Å². The van der Waals surface area contributed by atoms with Crippen LogP contribution in [0.3, 0.4) is 0 Å². The van der Waals surface area contributed by atoms with Gasteiger partial charge in [-0.3, -0.25) is 9.59 Å². The maximum absolute atomic E-state index is 12.3. The molecule has 0 saturated carbocycles. The molecule has 120 valence electrons. The van der Waals surface area contributed by atoms with Gasteiger partial charge in [0.2, 0.25) is 12.3 Å². The second kappa shape index (κ2) is 6.81. The lowest BCUT2D eigenvalue weighted by Crippen LogP contribution is -2.49. The summed E-state index contributed by atoms with van der Waals surface area (Å²) in [6, 6.07) is 8.10. The second-order valence-corrected chi connectivity index (χ2v) is 6.67. The normalized spacial score (nSPS) is 15.6. The van der Waals surface area contributed by atoms with Crippen molar-refractivity contribution in [3.63, 3.8) is 0 Å². The summed E-state index contributed by atoms with van der Waals surface area (Å²) in [6.45, 7) is 9.23. The molecule has 1 aromatic carbocycles. The summed E-state index contributed by atoms with van der Waals surface area (Å²) >= 11 is 0. The van der Waals surface area contributed by atoms with Crippen molar-refractivity contribution in [2.75, 3.05) is 38.0 Å². The van der Waals surface area contributed by atoms with Gasteiger partial charge in [-0.05, 0) is 17.0 Å². The Morgan fingerprint density at radius 2 is 1.82 bits per heavy atom. The third-order valence-corrected chi connectivity index (χ3v) is 3.98. The van der Waals surface area contributed by atoms with E-state index in [1.807, 2.05) is 23.1 Å². The average Bonchev–Trinajstić information content (AvgIpc) is 2.52. The Hall–Kier alpha value is -2.04. The summed E-state index contributed by atoms with van der Waals surface area (Å²) in [6.07, 6.45) is 0.847. The highest BCUT2D eigenvalue weighted by Crippen LogP contribution is 2.29. The van der Waals surface area contributed by atoms with Gasteiger partial charge in [-0.2, -0.15) is 0 Å². The number of carbonyl (C=O) groups is 2. The molecule has 0 aliphatic carbocycles. The first-order valence-electron chi connectivity index (χ1n) is 7.72. The molecule has 0 radical (unpaired) electrons. The monoisotopic (exact) mass is 303 g/mol. The fourth-order valence-electron chi connectivity index (χ4n) is 2.65. The van der Waals surface area contributed by atoms with Gasteiger partial charge in [-0.25, -0.2) is 0 Å². The summed E-state index contributed by atoms with van der Waals surface area (Å²) < 4.78 is 0. The number of anilines is 1. The van der Waals surface area contributed by atoms with Gasteiger partial charge in [0.15, 0.2) is 0 Å². The Morgan fingerprint density at radius 1 is 1.18 bits per heavy atom. The molecule has 5 heteroatoms. The van der Waals surface area contributed by atoms with E-state index < -0.39 is 0 Å². The van der Waals surface area contributed by atoms with Crippen LogP contribution in [0, 0.1) is 0 Å². The van der Waals surface area contributed by atoms with Gasteiger partial charge in [-0.1, -0.05) is 39.0 Å². The molecular weight excluding hydrogens is 278 g/mol. The molecule has 0 spiro atoms. The molecule has 0 bridgehead atoms. The van der Waals surface area contributed by atoms with Crippen LogP contribution in [0.1, 0.15) is 26.3 Å². The van der Waals surface area contributed by atoms with Crippen molar-refractivity contribution >= 4 is 18.0 Å². The molecule has 5 nitrogen and oxygen atoms in total. The van der Waals surface area contributed by atoms with Crippen molar-refractivity contribution in [3.8, 4) is 0 Å². The molecule has 1 N–H and O–H groups in total. The molecule has 2 amide bonds. The average molecular weight is 303 g/mol. The van der Waals surface area contributed by atoms with Crippen LogP contribution < -0.4 is 5.32 Å². The van der Waals surface area contributed by atoms with Crippen LogP contribution in [-0.2, 0) is 15.0 Å². The first kappa shape index (κ1) is 16.3. The molecule has 22 heavy (non-hydrogen) atoms. The van der Waals surface area contributed by atoms with E-state index in [2.05, 4.69) is 32.2 Å².